The molecule has 0 unspecified atom stereocenters. The molecule has 0 fully saturated rings. The molecule has 3 aromatic rings. The van der Waals surface area contributed by atoms with Gasteiger partial charge >= 0.3 is 5.76 Å². The first-order valence-corrected chi connectivity index (χ1v) is 9.97. The largest absolute Gasteiger partial charge is 0.508 e. The van der Waals surface area contributed by atoms with Crippen LogP contribution in [0.4, 0.5) is 5.69 Å². The van der Waals surface area contributed by atoms with Crippen LogP contribution in [0, 0.1) is 10.1 Å². The number of fused-ring (bicyclic) bond motifs is 1. The van der Waals surface area contributed by atoms with E-state index in [1.54, 1.807) is 12.1 Å². The highest BCUT2D eigenvalue weighted by atomic mass is 16.6. The summed E-state index contributed by atoms with van der Waals surface area (Å²) in [6.07, 6.45) is 1.09. The van der Waals surface area contributed by atoms with E-state index in [9.17, 15) is 29.6 Å². The van der Waals surface area contributed by atoms with E-state index >= 15 is 0 Å². The van der Waals surface area contributed by atoms with Gasteiger partial charge in [0, 0.05) is 37.7 Å². The number of nitro benzene ring substituents is 1. The minimum atomic E-state index is -0.636. The van der Waals surface area contributed by atoms with Crippen LogP contribution in [0.3, 0.4) is 0 Å². The lowest BCUT2D eigenvalue weighted by atomic mass is 10.2. The molecule has 32 heavy (non-hydrogen) atoms. The number of benzene rings is 2. The lowest BCUT2D eigenvalue weighted by Crippen LogP contribution is -2.30. The maximum atomic E-state index is 12.0. The van der Waals surface area contributed by atoms with Crippen molar-refractivity contribution in [2.45, 2.75) is 25.8 Å². The number of carbonyl (C=O) groups excluding carboxylic acids is 2. The monoisotopic (exact) mass is 442 g/mol. The standard InChI is InChI=1S/C21H22N4O7/c26-16-5-1-4-14(12-16)20(28)23-10-3-9-22-19(27)6-2-11-24-17-8-7-15(25(30)31)13-18(17)32-21(24)29/h1,4-5,7-8,12-13,26H,2-3,6,9-11H2,(H,22,27)(H,23,28). The van der Waals surface area contributed by atoms with Crippen molar-refractivity contribution in [3.63, 3.8) is 0 Å². The number of aromatic nitrogens is 1. The van der Waals surface area contributed by atoms with Gasteiger partial charge in [0.15, 0.2) is 5.58 Å². The van der Waals surface area contributed by atoms with Crippen LogP contribution in [-0.4, -0.2) is 39.5 Å². The van der Waals surface area contributed by atoms with E-state index in [-0.39, 0.29) is 41.8 Å². The highest BCUT2D eigenvalue weighted by molar-refractivity contribution is 5.94. The van der Waals surface area contributed by atoms with Gasteiger partial charge in [0.1, 0.15) is 5.75 Å². The number of nitro groups is 1. The number of carbonyl (C=O) groups is 2. The number of non-ortho nitro benzene ring substituents is 1. The number of nitrogens with one attached hydrogen (secondary N) is 2. The minimum absolute atomic E-state index is 0.0110. The van der Waals surface area contributed by atoms with Gasteiger partial charge in [-0.3, -0.25) is 24.3 Å². The van der Waals surface area contributed by atoms with Crippen molar-refractivity contribution in [3.8, 4) is 5.75 Å². The van der Waals surface area contributed by atoms with Crippen LogP contribution in [0.1, 0.15) is 29.6 Å². The van der Waals surface area contributed by atoms with Crippen LogP contribution in [0.15, 0.2) is 51.7 Å². The maximum absolute atomic E-state index is 12.0. The lowest BCUT2D eigenvalue weighted by molar-refractivity contribution is -0.384. The Kier molecular flexibility index (Phi) is 7.21. The second kappa shape index (κ2) is 10.2. The molecule has 11 nitrogen and oxygen atoms in total. The molecule has 1 aromatic heterocycles. The molecule has 0 radical (unpaired) electrons. The van der Waals surface area contributed by atoms with Crippen LogP contribution in [0.25, 0.3) is 11.1 Å². The third-order valence-electron chi connectivity index (χ3n) is 4.72. The first-order valence-electron chi connectivity index (χ1n) is 9.97. The predicted octanol–water partition coefficient (Wildman–Crippen LogP) is 1.92. The molecule has 0 saturated carbocycles. The summed E-state index contributed by atoms with van der Waals surface area (Å²) < 4.78 is 6.39. The first-order chi connectivity index (χ1) is 15.3. The van der Waals surface area contributed by atoms with Crippen molar-refractivity contribution < 1.29 is 24.0 Å². The fourth-order valence-corrected chi connectivity index (χ4v) is 3.13. The molecule has 2 amide bonds. The smallest absolute Gasteiger partial charge is 0.419 e. The molecular formula is C21H22N4O7. The van der Waals surface area contributed by atoms with Crippen molar-refractivity contribution in [2.75, 3.05) is 13.1 Å². The fraction of sp³-hybridized carbons (Fsp3) is 0.286. The molecule has 1 heterocycles. The summed E-state index contributed by atoms with van der Waals surface area (Å²) >= 11 is 0. The molecule has 3 rings (SSSR count). The molecule has 168 valence electrons. The Balaban J connectivity index is 1.37. The van der Waals surface area contributed by atoms with E-state index in [0.29, 0.717) is 37.0 Å². The van der Waals surface area contributed by atoms with Crippen molar-refractivity contribution in [3.05, 3.63) is 68.7 Å². The van der Waals surface area contributed by atoms with Crippen LogP contribution < -0.4 is 16.4 Å². The number of aromatic hydroxyl groups is 1. The third-order valence-corrected chi connectivity index (χ3v) is 4.72. The number of rotatable bonds is 10. The number of aryl methyl sites for hydroxylation is 1. The van der Waals surface area contributed by atoms with Gasteiger partial charge in [0.05, 0.1) is 16.5 Å². The lowest BCUT2D eigenvalue weighted by Gasteiger charge is -2.07. The minimum Gasteiger partial charge on any atom is -0.508 e. The van der Waals surface area contributed by atoms with Gasteiger partial charge in [0.25, 0.3) is 11.6 Å². The van der Waals surface area contributed by atoms with Crippen molar-refractivity contribution in [2.24, 2.45) is 0 Å². The van der Waals surface area contributed by atoms with Crippen molar-refractivity contribution in [1.82, 2.24) is 15.2 Å². The Morgan fingerprint density at radius 3 is 2.62 bits per heavy atom. The molecule has 0 aliphatic rings. The first kappa shape index (κ1) is 22.5. The zero-order chi connectivity index (χ0) is 23.1. The summed E-state index contributed by atoms with van der Waals surface area (Å²) in [6.45, 7) is 0.964. The van der Waals surface area contributed by atoms with E-state index < -0.39 is 10.7 Å². The summed E-state index contributed by atoms with van der Waals surface area (Å²) in [7, 11) is 0. The van der Waals surface area contributed by atoms with Gasteiger partial charge in [-0.15, -0.1) is 0 Å². The topological polar surface area (TPSA) is 157 Å². The molecule has 11 heteroatoms. The quantitative estimate of drug-likeness (QED) is 0.246. The summed E-state index contributed by atoms with van der Waals surface area (Å²) in [5.74, 6) is -1.13. The Morgan fingerprint density at radius 2 is 1.88 bits per heavy atom. The van der Waals surface area contributed by atoms with Crippen molar-refractivity contribution >= 4 is 28.6 Å². The number of oxazole rings is 1. The molecule has 0 spiro atoms. The summed E-state index contributed by atoms with van der Waals surface area (Å²) in [5, 5.41) is 25.7. The predicted molar refractivity (Wildman–Crippen MR) is 114 cm³/mol. The van der Waals surface area contributed by atoms with Crippen LogP contribution in [-0.2, 0) is 11.3 Å². The molecule has 2 aromatic carbocycles. The number of amides is 2. The van der Waals surface area contributed by atoms with Gasteiger partial charge in [-0.1, -0.05) is 6.07 Å². The summed E-state index contributed by atoms with van der Waals surface area (Å²) in [4.78, 5) is 46.2. The van der Waals surface area contributed by atoms with E-state index in [1.807, 2.05) is 0 Å². The van der Waals surface area contributed by atoms with E-state index in [2.05, 4.69) is 10.6 Å². The van der Waals surface area contributed by atoms with Gasteiger partial charge in [-0.2, -0.15) is 0 Å². The van der Waals surface area contributed by atoms with Gasteiger partial charge in [-0.05, 0) is 37.1 Å². The molecule has 0 aliphatic carbocycles. The average Bonchev–Trinajstić information content (AvgIpc) is 3.07. The molecule has 0 atom stereocenters. The summed E-state index contributed by atoms with van der Waals surface area (Å²) in [5.41, 5.74) is 0.742. The molecule has 0 saturated heterocycles. The van der Waals surface area contributed by atoms with Gasteiger partial charge < -0.3 is 20.2 Å². The highest BCUT2D eigenvalue weighted by Gasteiger charge is 2.14. The Morgan fingerprint density at radius 1 is 1.09 bits per heavy atom. The maximum Gasteiger partial charge on any atom is 0.419 e. The average molecular weight is 442 g/mol. The molecule has 3 N–H and O–H groups in total. The summed E-state index contributed by atoms with van der Waals surface area (Å²) in [6, 6.07) is 9.95. The Bertz CT molecular complexity index is 1200. The Hall–Kier alpha value is -4.15. The second-order valence-corrected chi connectivity index (χ2v) is 7.04. The number of nitrogens with zero attached hydrogens (tertiary/aromatic N) is 2. The van der Waals surface area contributed by atoms with Gasteiger partial charge in [0.2, 0.25) is 5.91 Å². The molecule has 0 aliphatic heterocycles. The van der Waals surface area contributed by atoms with E-state index in [1.165, 1.54) is 34.9 Å². The van der Waals surface area contributed by atoms with Gasteiger partial charge in [-0.25, -0.2) is 4.79 Å². The number of hydrogen-bond donors (Lipinski definition) is 3. The van der Waals surface area contributed by atoms with Crippen LogP contribution in [0.5, 0.6) is 5.75 Å². The van der Waals surface area contributed by atoms with E-state index in [4.69, 9.17) is 4.42 Å². The third kappa shape index (κ3) is 5.72. The second-order valence-electron chi connectivity index (χ2n) is 7.04. The SMILES string of the molecule is O=C(CCCn1c(=O)oc2cc([N+](=O)[O-])ccc21)NCCCNC(=O)c1cccc(O)c1. The highest BCUT2D eigenvalue weighted by Crippen LogP contribution is 2.20. The molecule has 0 bridgehead atoms. The van der Waals surface area contributed by atoms with Crippen molar-refractivity contribution in [1.29, 1.82) is 0 Å². The fourth-order valence-electron chi connectivity index (χ4n) is 3.13. The Labute approximate surface area is 181 Å². The van der Waals surface area contributed by atoms with E-state index in [0.717, 1.165) is 0 Å². The van der Waals surface area contributed by atoms with Crippen LogP contribution in [0.2, 0.25) is 0 Å². The van der Waals surface area contributed by atoms with Crippen LogP contribution >= 0.6 is 0 Å². The zero-order valence-electron chi connectivity index (χ0n) is 17.1. The number of phenols is 1. The molecular weight excluding hydrogens is 420 g/mol. The number of hydrogen-bond acceptors (Lipinski definition) is 7. The number of phenolic OH excluding ortho intramolecular Hbond substituents is 1. The normalized spacial score (nSPS) is 10.8. The zero-order valence-corrected chi connectivity index (χ0v) is 17.1.